The number of amides is 4. The molecule has 1 rings (SSSR count). The maximum Gasteiger partial charge on any atom is 0.347 e. The first-order valence-corrected chi connectivity index (χ1v) is 13.1. The van der Waals surface area contributed by atoms with Gasteiger partial charge in [-0.15, -0.1) is 0 Å². The van der Waals surface area contributed by atoms with Crippen LogP contribution in [0.2, 0.25) is 0 Å². The fraction of sp³-hybridized carbons (Fsp3) is 0.750. The maximum atomic E-state index is 12.4. The topological polar surface area (TPSA) is 201 Å². The van der Waals surface area contributed by atoms with Gasteiger partial charge in [0.1, 0.15) is 0 Å². The average molecular weight is 558 g/mol. The van der Waals surface area contributed by atoms with Crippen molar-refractivity contribution >= 4 is 35.6 Å². The van der Waals surface area contributed by atoms with Gasteiger partial charge in [-0.3, -0.25) is 24.1 Å². The summed E-state index contributed by atoms with van der Waals surface area (Å²) in [7, 11) is 3.58. The second kappa shape index (κ2) is 17.3. The van der Waals surface area contributed by atoms with Crippen molar-refractivity contribution < 1.29 is 39.0 Å². The molecule has 3 unspecified atom stereocenters. The van der Waals surface area contributed by atoms with Gasteiger partial charge in [0, 0.05) is 71.0 Å². The molecule has 1 heterocycles. The fourth-order valence-electron chi connectivity index (χ4n) is 3.91. The normalized spacial score (nSPS) is 17.6. The predicted molar refractivity (Wildman–Crippen MR) is 140 cm³/mol. The highest BCUT2D eigenvalue weighted by molar-refractivity contribution is 5.88. The zero-order valence-electron chi connectivity index (χ0n) is 23.2. The molecule has 0 aromatic carbocycles. The van der Waals surface area contributed by atoms with Gasteiger partial charge < -0.3 is 41.3 Å². The summed E-state index contributed by atoms with van der Waals surface area (Å²) >= 11 is 0. The second-order valence-electron chi connectivity index (χ2n) is 9.80. The Bertz CT molecular complexity index is 869. The van der Waals surface area contributed by atoms with Gasteiger partial charge in [0.05, 0.1) is 0 Å². The Morgan fingerprint density at radius 3 is 1.67 bits per heavy atom. The van der Waals surface area contributed by atoms with Crippen LogP contribution in [0.15, 0.2) is 0 Å². The predicted octanol–water partition coefficient (Wildman–Crippen LogP) is -2.19. The lowest BCUT2D eigenvalue weighted by Crippen LogP contribution is -2.55. The van der Waals surface area contributed by atoms with Crippen molar-refractivity contribution in [3.05, 3.63) is 0 Å². The Labute approximate surface area is 228 Å². The molecule has 0 aromatic heterocycles. The highest BCUT2D eigenvalue weighted by Crippen LogP contribution is 2.10. The molecular formula is C24H43N7O8. The molecule has 1 aliphatic heterocycles. The summed E-state index contributed by atoms with van der Waals surface area (Å²) in [6, 6.07) is 0.0516. The SMILES string of the molecule is CCCC(=O)NC(NC(=O)CCN1CCN(CCC(=O)NC(NC(=O)CCN(C)C)C(=O)O)C(C)C1)C(=O)O. The Kier molecular flexibility index (Phi) is 15.0. The van der Waals surface area contributed by atoms with Crippen LogP contribution in [0.5, 0.6) is 0 Å². The zero-order valence-corrected chi connectivity index (χ0v) is 23.2. The lowest BCUT2D eigenvalue weighted by molar-refractivity contribution is -0.145. The van der Waals surface area contributed by atoms with Crippen LogP contribution in [0.1, 0.15) is 46.0 Å². The Hall–Kier alpha value is -3.30. The smallest absolute Gasteiger partial charge is 0.347 e. The summed E-state index contributed by atoms with van der Waals surface area (Å²) in [4.78, 5) is 76.9. The monoisotopic (exact) mass is 557 g/mol. The molecule has 1 aliphatic rings. The Balaban J connectivity index is 2.43. The summed E-state index contributed by atoms with van der Waals surface area (Å²) < 4.78 is 0. The molecule has 0 aromatic rings. The van der Waals surface area contributed by atoms with Crippen molar-refractivity contribution in [2.45, 2.75) is 64.3 Å². The summed E-state index contributed by atoms with van der Waals surface area (Å²) in [6.07, 6.45) is -2.06. The molecule has 222 valence electrons. The number of hydrogen-bond donors (Lipinski definition) is 6. The lowest BCUT2D eigenvalue weighted by atomic mass is 10.1. The van der Waals surface area contributed by atoms with Gasteiger partial charge in [-0.25, -0.2) is 9.59 Å². The molecule has 0 saturated carbocycles. The van der Waals surface area contributed by atoms with Gasteiger partial charge >= 0.3 is 11.9 Å². The van der Waals surface area contributed by atoms with Crippen LogP contribution in [-0.4, -0.2) is 132 Å². The van der Waals surface area contributed by atoms with Crippen LogP contribution in [0.3, 0.4) is 0 Å². The number of carbonyl (C=O) groups excluding carboxylic acids is 4. The van der Waals surface area contributed by atoms with Gasteiger partial charge in [0.2, 0.25) is 36.0 Å². The molecule has 39 heavy (non-hydrogen) atoms. The third-order valence-corrected chi connectivity index (χ3v) is 6.11. The number of carboxylic acids is 2. The van der Waals surface area contributed by atoms with E-state index < -0.39 is 47.9 Å². The van der Waals surface area contributed by atoms with Crippen LogP contribution in [0.25, 0.3) is 0 Å². The van der Waals surface area contributed by atoms with Crippen LogP contribution >= 0.6 is 0 Å². The summed E-state index contributed by atoms with van der Waals surface area (Å²) in [6.45, 7) is 6.84. The quantitative estimate of drug-likeness (QED) is 0.106. The van der Waals surface area contributed by atoms with Crippen molar-refractivity contribution in [1.82, 2.24) is 36.0 Å². The first kappa shape index (κ1) is 33.7. The van der Waals surface area contributed by atoms with Crippen LogP contribution in [0.4, 0.5) is 0 Å². The van der Waals surface area contributed by atoms with Gasteiger partial charge in [0.25, 0.3) is 0 Å². The number of nitrogens with one attached hydrogen (secondary N) is 4. The molecule has 0 spiro atoms. The zero-order chi connectivity index (χ0) is 29.5. The van der Waals surface area contributed by atoms with Gasteiger partial charge in [-0.1, -0.05) is 6.92 Å². The second-order valence-corrected chi connectivity index (χ2v) is 9.80. The molecule has 15 heteroatoms. The van der Waals surface area contributed by atoms with E-state index in [1.165, 1.54) is 0 Å². The maximum absolute atomic E-state index is 12.4. The largest absolute Gasteiger partial charge is 0.478 e. The summed E-state index contributed by atoms with van der Waals surface area (Å²) in [5, 5.41) is 27.8. The number of piperazine rings is 1. The number of carbonyl (C=O) groups is 6. The molecule has 0 aliphatic carbocycles. The molecule has 15 nitrogen and oxygen atoms in total. The molecule has 0 bridgehead atoms. The van der Waals surface area contributed by atoms with E-state index in [1.54, 1.807) is 25.9 Å². The number of rotatable bonds is 17. The highest BCUT2D eigenvalue weighted by Gasteiger charge is 2.27. The first-order valence-electron chi connectivity index (χ1n) is 13.1. The van der Waals surface area contributed by atoms with E-state index in [0.29, 0.717) is 45.7 Å². The molecule has 6 N–H and O–H groups in total. The highest BCUT2D eigenvalue weighted by atomic mass is 16.4. The van der Waals surface area contributed by atoms with Crippen molar-refractivity contribution in [1.29, 1.82) is 0 Å². The van der Waals surface area contributed by atoms with Crippen molar-refractivity contribution in [2.24, 2.45) is 0 Å². The number of aliphatic carboxylic acids is 2. The molecule has 1 saturated heterocycles. The van der Waals surface area contributed by atoms with E-state index in [2.05, 4.69) is 31.1 Å². The minimum Gasteiger partial charge on any atom is -0.478 e. The first-order chi connectivity index (χ1) is 18.3. The molecule has 1 fully saturated rings. The van der Waals surface area contributed by atoms with Crippen LogP contribution in [0, 0.1) is 0 Å². The number of hydrogen-bond acceptors (Lipinski definition) is 9. The number of nitrogens with zero attached hydrogens (tertiary/aromatic N) is 3. The van der Waals surface area contributed by atoms with Crippen LogP contribution < -0.4 is 21.3 Å². The standard InChI is InChI=1S/C24H43N7O8/c1-5-6-17(32)25-21(23(36)37)27-19(34)8-11-30-13-14-31(16(2)15-30)12-9-20(35)28-22(24(38)39)26-18(33)7-10-29(3)4/h16,21-22H,5-15H2,1-4H3,(H,25,32)(H,26,33)(H,27,34)(H,28,35)(H,36,37)(H,38,39). The van der Waals surface area contributed by atoms with E-state index in [-0.39, 0.29) is 31.7 Å². The molecule has 3 atom stereocenters. The Morgan fingerprint density at radius 2 is 1.23 bits per heavy atom. The molecule has 4 amide bonds. The van der Waals surface area contributed by atoms with Gasteiger partial charge in [0.15, 0.2) is 0 Å². The van der Waals surface area contributed by atoms with Crippen molar-refractivity contribution in [2.75, 3.05) is 53.4 Å². The van der Waals surface area contributed by atoms with E-state index in [9.17, 15) is 39.0 Å². The third-order valence-electron chi connectivity index (χ3n) is 6.11. The molecule has 0 radical (unpaired) electrons. The summed E-state index contributed by atoms with van der Waals surface area (Å²) in [5.41, 5.74) is 0. The van der Waals surface area contributed by atoms with E-state index >= 15 is 0 Å². The Morgan fingerprint density at radius 1 is 0.769 bits per heavy atom. The average Bonchev–Trinajstić information content (AvgIpc) is 2.84. The van der Waals surface area contributed by atoms with E-state index in [4.69, 9.17) is 0 Å². The van der Waals surface area contributed by atoms with E-state index in [1.807, 2.05) is 6.92 Å². The van der Waals surface area contributed by atoms with Crippen molar-refractivity contribution in [3.8, 4) is 0 Å². The molecular weight excluding hydrogens is 514 g/mol. The summed E-state index contributed by atoms with van der Waals surface area (Å²) in [5.74, 6) is -4.62. The minimum atomic E-state index is -1.51. The van der Waals surface area contributed by atoms with Gasteiger partial charge in [-0.2, -0.15) is 0 Å². The fourth-order valence-corrected chi connectivity index (χ4v) is 3.91. The van der Waals surface area contributed by atoms with Crippen molar-refractivity contribution in [3.63, 3.8) is 0 Å². The van der Waals surface area contributed by atoms with Crippen LogP contribution in [-0.2, 0) is 28.8 Å². The van der Waals surface area contributed by atoms with E-state index in [0.717, 1.165) is 0 Å². The van der Waals surface area contributed by atoms with Gasteiger partial charge in [-0.05, 0) is 27.4 Å². The lowest BCUT2D eigenvalue weighted by Gasteiger charge is -2.39. The minimum absolute atomic E-state index is 0.0461. The third kappa shape index (κ3) is 13.9. The number of carboxylic acid groups (broad SMARTS) is 2.